The number of carbonyl (C=O) groups excluding carboxylic acids is 1. The predicted molar refractivity (Wildman–Crippen MR) is 66.0 cm³/mol. The Bertz CT molecular complexity index is 431. The van der Waals surface area contributed by atoms with Gasteiger partial charge in [-0.15, -0.1) is 0 Å². The van der Waals surface area contributed by atoms with Crippen molar-refractivity contribution in [2.75, 3.05) is 6.54 Å². The summed E-state index contributed by atoms with van der Waals surface area (Å²) in [5.41, 5.74) is 5.25. The quantitative estimate of drug-likeness (QED) is 0.843. The van der Waals surface area contributed by atoms with Crippen LogP contribution in [-0.2, 0) is 11.2 Å². The Kier molecular flexibility index (Phi) is 4.78. The van der Waals surface area contributed by atoms with Gasteiger partial charge in [0.05, 0.1) is 6.42 Å². The summed E-state index contributed by atoms with van der Waals surface area (Å²) in [6.45, 7) is 4.04. The second-order valence-electron chi connectivity index (χ2n) is 4.58. The van der Waals surface area contributed by atoms with Gasteiger partial charge in [0, 0.05) is 18.2 Å². The summed E-state index contributed by atoms with van der Waals surface area (Å²) in [5, 5.41) is 2.76. The first-order chi connectivity index (χ1) is 8.40. The zero-order valence-electron chi connectivity index (χ0n) is 10.6. The molecular weight excluding hydrogens is 238 g/mol. The third-order valence-corrected chi connectivity index (χ3v) is 3.04. The van der Waals surface area contributed by atoms with E-state index in [9.17, 15) is 13.6 Å². The van der Waals surface area contributed by atoms with Crippen molar-refractivity contribution in [2.45, 2.75) is 32.2 Å². The van der Waals surface area contributed by atoms with E-state index in [1.54, 1.807) is 0 Å². The molecule has 5 heteroatoms. The highest BCUT2D eigenvalue weighted by atomic mass is 19.1. The fraction of sp³-hybridized carbons (Fsp3) is 0.462. The van der Waals surface area contributed by atoms with Gasteiger partial charge in [-0.3, -0.25) is 4.79 Å². The van der Waals surface area contributed by atoms with Crippen LogP contribution in [0.5, 0.6) is 0 Å². The standard InChI is InChI=1S/C13H18F2N2O/c1-3-13(2,8-16)17-12(18)6-9-4-5-10(14)7-11(9)15/h4-5,7H,3,6,8,16H2,1-2H3,(H,17,18). The SMILES string of the molecule is CCC(C)(CN)NC(=O)Cc1ccc(F)cc1F. The van der Waals surface area contributed by atoms with Crippen molar-refractivity contribution in [1.82, 2.24) is 5.32 Å². The van der Waals surface area contributed by atoms with E-state index >= 15 is 0 Å². The van der Waals surface area contributed by atoms with Crippen molar-refractivity contribution in [3.63, 3.8) is 0 Å². The van der Waals surface area contributed by atoms with Crippen LogP contribution < -0.4 is 11.1 Å². The first-order valence-corrected chi connectivity index (χ1v) is 5.85. The summed E-state index contributed by atoms with van der Waals surface area (Å²) in [6.07, 6.45) is 0.558. The van der Waals surface area contributed by atoms with E-state index in [-0.39, 0.29) is 17.9 Å². The van der Waals surface area contributed by atoms with Crippen LogP contribution in [0.4, 0.5) is 8.78 Å². The lowest BCUT2D eigenvalue weighted by molar-refractivity contribution is -0.122. The molecule has 0 aliphatic heterocycles. The molecule has 100 valence electrons. The van der Waals surface area contributed by atoms with Crippen LogP contribution >= 0.6 is 0 Å². The van der Waals surface area contributed by atoms with Crippen LogP contribution in [-0.4, -0.2) is 18.0 Å². The van der Waals surface area contributed by atoms with Crippen LogP contribution in [0, 0.1) is 11.6 Å². The maximum atomic E-state index is 13.4. The van der Waals surface area contributed by atoms with Crippen LogP contribution in [0.3, 0.4) is 0 Å². The number of hydrogen-bond acceptors (Lipinski definition) is 2. The molecule has 0 radical (unpaired) electrons. The molecule has 0 aromatic heterocycles. The molecule has 1 amide bonds. The number of hydrogen-bond donors (Lipinski definition) is 2. The molecule has 1 unspecified atom stereocenters. The number of nitrogens with two attached hydrogens (primary N) is 1. The number of amides is 1. The lowest BCUT2D eigenvalue weighted by atomic mass is 9.98. The minimum atomic E-state index is -0.712. The average Bonchev–Trinajstić information content (AvgIpc) is 2.32. The van der Waals surface area contributed by atoms with Gasteiger partial charge in [-0.25, -0.2) is 8.78 Å². The molecule has 0 spiro atoms. The molecule has 0 heterocycles. The van der Waals surface area contributed by atoms with E-state index in [0.29, 0.717) is 13.0 Å². The molecule has 0 saturated heterocycles. The topological polar surface area (TPSA) is 55.1 Å². The van der Waals surface area contributed by atoms with Gasteiger partial charge >= 0.3 is 0 Å². The molecule has 3 nitrogen and oxygen atoms in total. The Labute approximate surface area is 105 Å². The first-order valence-electron chi connectivity index (χ1n) is 5.85. The Hall–Kier alpha value is -1.49. The fourth-order valence-corrected chi connectivity index (χ4v) is 1.50. The lowest BCUT2D eigenvalue weighted by Gasteiger charge is -2.28. The van der Waals surface area contributed by atoms with Crippen LogP contribution in [0.25, 0.3) is 0 Å². The van der Waals surface area contributed by atoms with E-state index in [1.807, 2.05) is 13.8 Å². The molecule has 0 aliphatic carbocycles. The summed E-state index contributed by atoms with van der Waals surface area (Å²) in [5.74, 6) is -1.69. The van der Waals surface area contributed by atoms with Crippen molar-refractivity contribution < 1.29 is 13.6 Å². The van der Waals surface area contributed by atoms with E-state index in [2.05, 4.69) is 5.32 Å². The van der Waals surface area contributed by atoms with Crippen molar-refractivity contribution in [1.29, 1.82) is 0 Å². The van der Waals surface area contributed by atoms with E-state index in [1.165, 1.54) is 6.07 Å². The van der Waals surface area contributed by atoms with Gasteiger partial charge in [-0.05, 0) is 25.0 Å². The molecule has 0 bridgehead atoms. The second-order valence-corrected chi connectivity index (χ2v) is 4.58. The average molecular weight is 256 g/mol. The highest BCUT2D eigenvalue weighted by Gasteiger charge is 2.22. The molecule has 1 rings (SSSR count). The maximum Gasteiger partial charge on any atom is 0.224 e. The molecule has 0 saturated carbocycles. The number of nitrogens with one attached hydrogen (secondary N) is 1. The molecular formula is C13H18F2N2O. The third kappa shape index (κ3) is 3.77. The smallest absolute Gasteiger partial charge is 0.224 e. The van der Waals surface area contributed by atoms with Gasteiger partial charge in [-0.2, -0.15) is 0 Å². The molecule has 0 aliphatic rings. The molecule has 18 heavy (non-hydrogen) atoms. The normalized spacial score (nSPS) is 14.1. The summed E-state index contributed by atoms with van der Waals surface area (Å²) < 4.78 is 26.1. The second kappa shape index (κ2) is 5.91. The Balaban J connectivity index is 2.70. The molecule has 1 aromatic rings. The zero-order valence-corrected chi connectivity index (χ0v) is 10.6. The van der Waals surface area contributed by atoms with Crippen LogP contribution in [0.15, 0.2) is 18.2 Å². The van der Waals surface area contributed by atoms with Crippen molar-refractivity contribution in [3.8, 4) is 0 Å². The molecule has 1 aromatic carbocycles. The largest absolute Gasteiger partial charge is 0.349 e. The van der Waals surface area contributed by atoms with Gasteiger partial charge in [-0.1, -0.05) is 13.0 Å². The van der Waals surface area contributed by atoms with Crippen LogP contribution in [0.2, 0.25) is 0 Å². The molecule has 3 N–H and O–H groups in total. The van der Waals surface area contributed by atoms with Gasteiger partial charge in [0.2, 0.25) is 5.91 Å². The van der Waals surface area contributed by atoms with E-state index in [4.69, 9.17) is 5.73 Å². The Morgan fingerprint density at radius 1 is 1.44 bits per heavy atom. The van der Waals surface area contributed by atoms with Gasteiger partial charge in [0.15, 0.2) is 0 Å². The highest BCUT2D eigenvalue weighted by Crippen LogP contribution is 2.12. The van der Waals surface area contributed by atoms with Crippen molar-refractivity contribution in [3.05, 3.63) is 35.4 Å². The Morgan fingerprint density at radius 3 is 2.61 bits per heavy atom. The minimum Gasteiger partial charge on any atom is -0.349 e. The lowest BCUT2D eigenvalue weighted by Crippen LogP contribution is -2.51. The summed E-state index contributed by atoms with van der Waals surface area (Å²) >= 11 is 0. The summed E-state index contributed by atoms with van der Waals surface area (Å²) in [7, 11) is 0. The third-order valence-electron chi connectivity index (χ3n) is 3.04. The van der Waals surface area contributed by atoms with Crippen LogP contribution in [0.1, 0.15) is 25.8 Å². The number of halogens is 2. The highest BCUT2D eigenvalue weighted by molar-refractivity contribution is 5.79. The molecule has 1 atom stereocenters. The molecule has 0 fully saturated rings. The van der Waals surface area contributed by atoms with Gasteiger partial charge < -0.3 is 11.1 Å². The van der Waals surface area contributed by atoms with Gasteiger partial charge in [0.25, 0.3) is 0 Å². The minimum absolute atomic E-state index is 0.123. The Morgan fingerprint density at radius 2 is 2.11 bits per heavy atom. The number of carbonyl (C=O) groups is 1. The van der Waals surface area contributed by atoms with Crippen molar-refractivity contribution >= 4 is 5.91 Å². The summed E-state index contributed by atoms with van der Waals surface area (Å²) in [4.78, 5) is 11.8. The monoisotopic (exact) mass is 256 g/mol. The van der Waals surface area contributed by atoms with Crippen molar-refractivity contribution in [2.24, 2.45) is 5.73 Å². The number of benzene rings is 1. The number of rotatable bonds is 5. The van der Waals surface area contributed by atoms with Gasteiger partial charge in [0.1, 0.15) is 11.6 Å². The van der Waals surface area contributed by atoms with E-state index in [0.717, 1.165) is 12.1 Å². The fourth-order valence-electron chi connectivity index (χ4n) is 1.50. The maximum absolute atomic E-state index is 13.4. The first kappa shape index (κ1) is 14.6. The zero-order chi connectivity index (χ0) is 13.8. The summed E-state index contributed by atoms with van der Waals surface area (Å²) in [6, 6.07) is 3.17. The predicted octanol–water partition coefficient (Wildman–Crippen LogP) is 1.75. The van der Waals surface area contributed by atoms with E-state index < -0.39 is 17.2 Å².